The Morgan fingerprint density at radius 2 is 2.04 bits per heavy atom. The number of aromatic nitrogens is 4. The number of aliphatic hydroxyl groups is 2. The third kappa shape index (κ3) is 3.05. The van der Waals surface area contributed by atoms with E-state index in [1.165, 1.54) is 17.2 Å². The predicted octanol–water partition coefficient (Wildman–Crippen LogP) is -1.86. The Kier molecular flexibility index (Phi) is 4.06. The van der Waals surface area contributed by atoms with Crippen LogP contribution in [0.3, 0.4) is 0 Å². The van der Waals surface area contributed by atoms with E-state index < -0.39 is 39.0 Å². The lowest BCUT2D eigenvalue weighted by atomic mass is 10.1. The lowest BCUT2D eigenvalue weighted by molar-refractivity contribution is -0.0504. The lowest BCUT2D eigenvalue weighted by Gasteiger charge is -2.16. The van der Waals surface area contributed by atoms with Gasteiger partial charge in [-0.25, -0.2) is 19.5 Å². The Morgan fingerprint density at radius 3 is 2.74 bits per heavy atom. The van der Waals surface area contributed by atoms with Crippen molar-refractivity contribution in [2.24, 2.45) is 0 Å². The fraction of sp³-hybridized carbons (Fsp3) is 0.500. The number of phosphoric ester groups is 1. The summed E-state index contributed by atoms with van der Waals surface area (Å²) in [6.45, 7) is -0.594. The van der Waals surface area contributed by atoms with Gasteiger partial charge < -0.3 is 30.5 Å². The summed E-state index contributed by atoms with van der Waals surface area (Å²) in [4.78, 5) is 29.2. The number of imidazole rings is 1. The van der Waals surface area contributed by atoms with Gasteiger partial charge in [-0.2, -0.15) is 0 Å². The average molecular weight is 347 g/mol. The zero-order valence-corrected chi connectivity index (χ0v) is 12.4. The SMILES string of the molecule is Nc1ncnc2c1ncn2[C@@H]1O[C@@H](COP(=O)(O)O)[C@H](O)[C@@H]1O. The van der Waals surface area contributed by atoms with Crippen molar-refractivity contribution < 1.29 is 33.8 Å². The standard InChI is InChI=1S/C10H14N5O7P/c11-8-5-9(13-2-12-8)15(3-14-5)10-7(17)6(16)4(22-10)1-21-23(18,19)20/h2-4,6-7,10,16-17H,1H2,(H2,11,12,13)(H2,18,19,20)/t4-,6-,7-,10+/m0/s1. The van der Waals surface area contributed by atoms with Gasteiger partial charge in [-0.3, -0.25) is 9.09 Å². The summed E-state index contributed by atoms with van der Waals surface area (Å²) in [6, 6.07) is 0. The van der Waals surface area contributed by atoms with Crippen LogP contribution in [0.25, 0.3) is 11.2 Å². The quantitative estimate of drug-likeness (QED) is 0.390. The molecule has 126 valence electrons. The van der Waals surface area contributed by atoms with Crippen molar-refractivity contribution in [2.75, 3.05) is 12.3 Å². The summed E-state index contributed by atoms with van der Waals surface area (Å²) in [5.41, 5.74) is 6.25. The van der Waals surface area contributed by atoms with Crippen LogP contribution in [-0.4, -0.2) is 64.4 Å². The van der Waals surface area contributed by atoms with Gasteiger partial charge in [0.25, 0.3) is 0 Å². The van der Waals surface area contributed by atoms with Crippen LogP contribution in [0.4, 0.5) is 5.82 Å². The molecule has 13 heteroatoms. The Labute approximate surface area is 128 Å². The van der Waals surface area contributed by atoms with E-state index in [-0.39, 0.29) is 11.5 Å². The molecule has 0 aliphatic carbocycles. The fourth-order valence-corrected chi connectivity index (χ4v) is 2.66. The van der Waals surface area contributed by atoms with E-state index in [9.17, 15) is 14.8 Å². The molecular weight excluding hydrogens is 333 g/mol. The first-order valence-electron chi connectivity index (χ1n) is 6.42. The van der Waals surface area contributed by atoms with Crippen molar-refractivity contribution in [3.05, 3.63) is 12.7 Å². The van der Waals surface area contributed by atoms with Gasteiger partial charge in [0, 0.05) is 0 Å². The highest BCUT2D eigenvalue weighted by molar-refractivity contribution is 7.46. The molecule has 1 saturated heterocycles. The normalized spacial score (nSPS) is 28.5. The first kappa shape index (κ1) is 16.2. The number of ether oxygens (including phenoxy) is 1. The molecule has 3 heterocycles. The van der Waals surface area contributed by atoms with Crippen molar-refractivity contribution in [1.82, 2.24) is 19.5 Å². The minimum Gasteiger partial charge on any atom is -0.387 e. The Morgan fingerprint density at radius 1 is 1.30 bits per heavy atom. The Bertz CT molecular complexity index is 763. The number of hydrogen-bond donors (Lipinski definition) is 5. The highest BCUT2D eigenvalue weighted by Crippen LogP contribution is 2.38. The Balaban J connectivity index is 1.85. The molecule has 3 rings (SSSR count). The van der Waals surface area contributed by atoms with Crippen molar-refractivity contribution in [3.63, 3.8) is 0 Å². The number of aliphatic hydroxyl groups excluding tert-OH is 2. The second-order valence-corrected chi connectivity index (χ2v) is 6.15. The summed E-state index contributed by atoms with van der Waals surface area (Å²) in [6.07, 6.45) is -2.49. The largest absolute Gasteiger partial charge is 0.469 e. The van der Waals surface area contributed by atoms with Gasteiger partial charge in [-0.05, 0) is 0 Å². The molecule has 1 aliphatic rings. The number of nitrogens with two attached hydrogens (primary N) is 1. The van der Waals surface area contributed by atoms with E-state index >= 15 is 0 Å². The van der Waals surface area contributed by atoms with Crippen molar-refractivity contribution in [2.45, 2.75) is 24.5 Å². The van der Waals surface area contributed by atoms with Crippen LogP contribution >= 0.6 is 7.82 Å². The molecule has 12 nitrogen and oxygen atoms in total. The van der Waals surface area contributed by atoms with E-state index in [2.05, 4.69) is 19.5 Å². The summed E-state index contributed by atoms with van der Waals surface area (Å²) < 4.78 is 21.8. The molecule has 6 N–H and O–H groups in total. The zero-order chi connectivity index (χ0) is 16.8. The number of nitrogen functional groups attached to an aromatic ring is 1. The highest BCUT2D eigenvalue weighted by Gasteiger charge is 2.45. The number of nitrogens with zero attached hydrogens (tertiary/aromatic N) is 4. The molecule has 4 atom stereocenters. The van der Waals surface area contributed by atoms with Crippen LogP contribution in [0.5, 0.6) is 0 Å². The molecule has 1 aliphatic heterocycles. The highest BCUT2D eigenvalue weighted by atomic mass is 31.2. The monoisotopic (exact) mass is 347 g/mol. The van der Waals surface area contributed by atoms with Crippen LogP contribution in [0.15, 0.2) is 12.7 Å². The van der Waals surface area contributed by atoms with Crippen LogP contribution < -0.4 is 5.73 Å². The van der Waals surface area contributed by atoms with E-state index in [1.807, 2.05) is 0 Å². The minimum absolute atomic E-state index is 0.142. The van der Waals surface area contributed by atoms with Gasteiger partial charge in [0.1, 0.15) is 30.2 Å². The van der Waals surface area contributed by atoms with E-state index in [0.717, 1.165) is 0 Å². The van der Waals surface area contributed by atoms with Crippen LogP contribution in [0.1, 0.15) is 6.23 Å². The Hall–Kier alpha value is -1.66. The number of anilines is 1. The third-order valence-corrected chi connectivity index (χ3v) is 3.89. The zero-order valence-electron chi connectivity index (χ0n) is 11.5. The molecule has 0 unspecified atom stereocenters. The van der Waals surface area contributed by atoms with Gasteiger partial charge >= 0.3 is 7.82 Å². The van der Waals surface area contributed by atoms with E-state index in [1.54, 1.807) is 0 Å². The topological polar surface area (TPSA) is 186 Å². The number of rotatable bonds is 4. The van der Waals surface area contributed by atoms with Gasteiger partial charge in [-0.1, -0.05) is 0 Å². The maximum atomic E-state index is 10.7. The van der Waals surface area contributed by atoms with Gasteiger partial charge in [0.2, 0.25) is 0 Å². The van der Waals surface area contributed by atoms with Gasteiger partial charge in [0.05, 0.1) is 12.9 Å². The predicted molar refractivity (Wildman–Crippen MR) is 73.7 cm³/mol. The fourth-order valence-electron chi connectivity index (χ4n) is 2.32. The lowest BCUT2D eigenvalue weighted by Crippen LogP contribution is -2.33. The van der Waals surface area contributed by atoms with Crippen molar-refractivity contribution >= 4 is 24.8 Å². The molecular formula is C10H14N5O7P. The van der Waals surface area contributed by atoms with Crippen LogP contribution in [0, 0.1) is 0 Å². The molecule has 0 aromatic carbocycles. The van der Waals surface area contributed by atoms with Gasteiger partial charge in [-0.15, -0.1) is 0 Å². The molecule has 0 saturated carbocycles. The molecule has 23 heavy (non-hydrogen) atoms. The molecule has 2 aromatic heterocycles. The summed E-state index contributed by atoms with van der Waals surface area (Å²) in [5, 5.41) is 20.1. The van der Waals surface area contributed by atoms with Crippen molar-refractivity contribution in [1.29, 1.82) is 0 Å². The number of hydrogen-bond acceptors (Lipinski definition) is 9. The number of phosphoric acid groups is 1. The smallest absolute Gasteiger partial charge is 0.387 e. The molecule has 0 bridgehead atoms. The summed E-state index contributed by atoms with van der Waals surface area (Å²) >= 11 is 0. The third-order valence-electron chi connectivity index (χ3n) is 3.41. The summed E-state index contributed by atoms with van der Waals surface area (Å²) in [7, 11) is -4.72. The van der Waals surface area contributed by atoms with E-state index in [0.29, 0.717) is 5.52 Å². The first-order valence-corrected chi connectivity index (χ1v) is 7.95. The maximum absolute atomic E-state index is 10.7. The second-order valence-electron chi connectivity index (χ2n) is 4.92. The first-order chi connectivity index (χ1) is 10.8. The van der Waals surface area contributed by atoms with Gasteiger partial charge in [0.15, 0.2) is 17.7 Å². The van der Waals surface area contributed by atoms with Crippen LogP contribution in [0.2, 0.25) is 0 Å². The average Bonchev–Trinajstić information content (AvgIpc) is 3.01. The maximum Gasteiger partial charge on any atom is 0.469 e. The van der Waals surface area contributed by atoms with Crippen molar-refractivity contribution in [3.8, 4) is 0 Å². The molecule has 0 spiro atoms. The molecule has 0 amide bonds. The molecule has 2 aromatic rings. The minimum atomic E-state index is -4.72. The second kappa shape index (κ2) is 5.76. The summed E-state index contributed by atoms with van der Waals surface area (Å²) in [5.74, 6) is 0.142. The molecule has 1 fully saturated rings. The number of fused-ring (bicyclic) bond motifs is 1. The molecule has 0 radical (unpaired) electrons. The van der Waals surface area contributed by atoms with Crippen LogP contribution in [-0.2, 0) is 13.8 Å². The van der Waals surface area contributed by atoms with E-state index in [4.69, 9.17) is 20.3 Å².